The molecule has 0 unspecified atom stereocenters. The van der Waals surface area contributed by atoms with Gasteiger partial charge in [-0.2, -0.15) is 0 Å². The number of carbonyl (C=O) groups is 2. The zero-order valence-corrected chi connectivity index (χ0v) is 20.5. The van der Waals surface area contributed by atoms with Crippen molar-refractivity contribution >= 4 is 40.1 Å². The van der Waals surface area contributed by atoms with Crippen molar-refractivity contribution in [1.82, 2.24) is 9.97 Å². The van der Waals surface area contributed by atoms with Crippen LogP contribution in [0.4, 0.5) is 5.69 Å². The highest BCUT2D eigenvalue weighted by atomic mass is 35.5. The van der Waals surface area contributed by atoms with Crippen molar-refractivity contribution in [2.75, 3.05) is 12.4 Å². The lowest BCUT2D eigenvalue weighted by atomic mass is 9.86. The second kappa shape index (κ2) is 10.4. The molecular weight excluding hydrogens is 478 g/mol. The van der Waals surface area contributed by atoms with E-state index in [0.717, 1.165) is 36.8 Å². The molecule has 36 heavy (non-hydrogen) atoms. The Morgan fingerprint density at radius 1 is 1.00 bits per heavy atom. The molecule has 7 nitrogen and oxygen atoms in total. The van der Waals surface area contributed by atoms with Crippen LogP contribution in [0.3, 0.4) is 0 Å². The summed E-state index contributed by atoms with van der Waals surface area (Å²) in [4.78, 5) is 32.9. The Kier molecular flexibility index (Phi) is 6.91. The number of methoxy groups -OCH3 is 1. The fraction of sp³-hybridized carbons (Fsp3) is 0.250. The van der Waals surface area contributed by atoms with Gasteiger partial charge in [0.1, 0.15) is 17.1 Å². The number of nitrogens with zero attached hydrogens (tertiary/aromatic N) is 1. The van der Waals surface area contributed by atoms with E-state index in [9.17, 15) is 9.59 Å². The number of nitrogens with one attached hydrogen (secondary N) is 2. The molecule has 1 aliphatic carbocycles. The zero-order chi connectivity index (χ0) is 25.1. The van der Waals surface area contributed by atoms with E-state index in [1.54, 1.807) is 30.6 Å². The number of esters is 1. The lowest BCUT2D eigenvalue weighted by molar-refractivity contribution is -0.146. The number of aromatic nitrogens is 2. The number of H-pyrrole nitrogens is 1. The molecule has 184 valence electrons. The van der Waals surface area contributed by atoms with Gasteiger partial charge in [0.15, 0.2) is 5.78 Å². The maximum atomic E-state index is 13.6. The number of ketones is 1. The van der Waals surface area contributed by atoms with Gasteiger partial charge < -0.3 is 19.8 Å². The topological polar surface area (TPSA) is 93.3 Å². The van der Waals surface area contributed by atoms with Gasteiger partial charge in [-0.05, 0) is 56.0 Å². The van der Waals surface area contributed by atoms with Crippen LogP contribution in [0.15, 0.2) is 67.0 Å². The molecule has 2 heterocycles. The van der Waals surface area contributed by atoms with Crippen LogP contribution in [0.5, 0.6) is 11.5 Å². The van der Waals surface area contributed by atoms with Crippen LogP contribution in [-0.2, 0) is 9.53 Å². The number of fused-ring (bicyclic) bond motifs is 1. The highest BCUT2D eigenvalue weighted by Gasteiger charge is 2.28. The third-order valence-electron chi connectivity index (χ3n) is 6.60. The fourth-order valence-corrected chi connectivity index (χ4v) is 4.99. The van der Waals surface area contributed by atoms with Crippen LogP contribution < -0.4 is 10.1 Å². The van der Waals surface area contributed by atoms with E-state index in [-0.39, 0.29) is 23.7 Å². The number of ether oxygens (including phenoxy) is 2. The number of aromatic amines is 1. The molecule has 1 aliphatic rings. The molecule has 0 aliphatic heterocycles. The molecular formula is C28H26ClN3O4. The standard InChI is InChI=1S/C28H26ClN3O4/c1-35-28(34)17-7-9-18(10-8-17)32-24-13-14-30-27-25(24)22(16-31-27)26(33)21-12-11-20(15-23(21)29)36-19-5-3-2-4-6-19/h2-6,11-18H,7-10H2,1H3,(H2,30,31,32). The zero-order valence-electron chi connectivity index (χ0n) is 19.8. The second-order valence-electron chi connectivity index (χ2n) is 8.89. The molecule has 0 bridgehead atoms. The molecule has 4 aromatic rings. The Morgan fingerprint density at radius 3 is 2.50 bits per heavy atom. The van der Waals surface area contributed by atoms with Gasteiger partial charge in [0.2, 0.25) is 0 Å². The number of para-hydroxylation sites is 1. The summed E-state index contributed by atoms with van der Waals surface area (Å²) >= 11 is 6.53. The predicted octanol–water partition coefficient (Wildman–Crippen LogP) is 6.38. The summed E-state index contributed by atoms with van der Waals surface area (Å²) in [5.74, 6) is 0.837. The van der Waals surface area contributed by atoms with Crippen LogP contribution in [0.25, 0.3) is 11.0 Å². The van der Waals surface area contributed by atoms with Crippen LogP contribution in [0.2, 0.25) is 5.02 Å². The van der Waals surface area contributed by atoms with E-state index >= 15 is 0 Å². The average Bonchev–Trinajstić information content (AvgIpc) is 3.34. The molecule has 0 amide bonds. The number of halogens is 1. The van der Waals surface area contributed by atoms with Crippen molar-refractivity contribution in [3.63, 3.8) is 0 Å². The van der Waals surface area contributed by atoms with Gasteiger partial charge in [-0.25, -0.2) is 4.98 Å². The van der Waals surface area contributed by atoms with E-state index < -0.39 is 0 Å². The first-order chi connectivity index (χ1) is 17.5. The van der Waals surface area contributed by atoms with E-state index in [1.807, 2.05) is 36.4 Å². The second-order valence-corrected chi connectivity index (χ2v) is 9.29. The lowest BCUT2D eigenvalue weighted by Gasteiger charge is -2.28. The molecule has 0 saturated heterocycles. The van der Waals surface area contributed by atoms with Gasteiger partial charge in [0.05, 0.1) is 29.0 Å². The lowest BCUT2D eigenvalue weighted by Crippen LogP contribution is -2.30. The molecule has 1 saturated carbocycles. The third kappa shape index (κ3) is 4.93. The van der Waals surface area contributed by atoms with Gasteiger partial charge in [-0.1, -0.05) is 29.8 Å². The Hall–Kier alpha value is -3.84. The summed E-state index contributed by atoms with van der Waals surface area (Å²) in [6.45, 7) is 0. The first-order valence-electron chi connectivity index (χ1n) is 11.9. The smallest absolute Gasteiger partial charge is 0.308 e. The first-order valence-corrected chi connectivity index (χ1v) is 12.3. The minimum atomic E-state index is -0.206. The fourth-order valence-electron chi connectivity index (χ4n) is 4.73. The van der Waals surface area contributed by atoms with Gasteiger partial charge in [0.25, 0.3) is 0 Å². The van der Waals surface area contributed by atoms with Crippen LogP contribution in [-0.4, -0.2) is 34.9 Å². The molecule has 0 spiro atoms. The molecule has 1 fully saturated rings. The van der Waals surface area contributed by atoms with Gasteiger partial charge in [0, 0.05) is 35.8 Å². The molecule has 2 N–H and O–H groups in total. The third-order valence-corrected chi connectivity index (χ3v) is 6.92. The maximum absolute atomic E-state index is 13.6. The molecule has 0 atom stereocenters. The van der Waals surface area contributed by atoms with Crippen molar-refractivity contribution in [2.45, 2.75) is 31.7 Å². The van der Waals surface area contributed by atoms with E-state index in [2.05, 4.69) is 15.3 Å². The highest BCUT2D eigenvalue weighted by Crippen LogP contribution is 2.34. The Balaban J connectivity index is 1.37. The Labute approximate surface area is 213 Å². The van der Waals surface area contributed by atoms with Crippen LogP contribution >= 0.6 is 11.6 Å². The van der Waals surface area contributed by atoms with Crippen LogP contribution in [0, 0.1) is 5.92 Å². The van der Waals surface area contributed by atoms with Gasteiger partial charge in [-0.3, -0.25) is 9.59 Å². The predicted molar refractivity (Wildman–Crippen MR) is 139 cm³/mol. The summed E-state index contributed by atoms with van der Waals surface area (Å²) in [5, 5.41) is 4.60. The van der Waals surface area contributed by atoms with Crippen molar-refractivity contribution in [2.24, 2.45) is 5.92 Å². The minimum Gasteiger partial charge on any atom is -0.469 e. The van der Waals surface area contributed by atoms with Crippen molar-refractivity contribution in [1.29, 1.82) is 0 Å². The van der Waals surface area contributed by atoms with Crippen molar-refractivity contribution in [3.05, 3.63) is 83.1 Å². The Bertz CT molecular complexity index is 1390. The molecule has 8 heteroatoms. The molecule has 2 aromatic carbocycles. The van der Waals surface area contributed by atoms with Gasteiger partial charge >= 0.3 is 5.97 Å². The molecule has 5 rings (SSSR count). The number of anilines is 1. The van der Waals surface area contributed by atoms with E-state index in [1.165, 1.54) is 7.11 Å². The number of hydrogen-bond donors (Lipinski definition) is 2. The van der Waals surface area contributed by atoms with E-state index in [0.29, 0.717) is 33.3 Å². The van der Waals surface area contributed by atoms with Crippen molar-refractivity contribution in [3.8, 4) is 11.5 Å². The molecule has 2 aromatic heterocycles. The number of pyridine rings is 1. The summed E-state index contributed by atoms with van der Waals surface area (Å²) in [7, 11) is 1.43. The van der Waals surface area contributed by atoms with E-state index in [4.69, 9.17) is 21.1 Å². The monoisotopic (exact) mass is 503 g/mol. The first kappa shape index (κ1) is 23.9. The summed E-state index contributed by atoms with van der Waals surface area (Å²) in [6, 6.07) is 16.5. The summed E-state index contributed by atoms with van der Waals surface area (Å²) in [5.41, 5.74) is 2.31. The van der Waals surface area contributed by atoms with Crippen molar-refractivity contribution < 1.29 is 19.1 Å². The quantitative estimate of drug-likeness (QED) is 0.224. The van der Waals surface area contributed by atoms with Gasteiger partial charge in [-0.15, -0.1) is 0 Å². The number of hydrogen-bond acceptors (Lipinski definition) is 6. The summed E-state index contributed by atoms with van der Waals surface area (Å²) < 4.78 is 10.7. The number of benzene rings is 2. The Morgan fingerprint density at radius 2 is 1.78 bits per heavy atom. The SMILES string of the molecule is COC(=O)C1CCC(Nc2ccnc3[nH]cc(C(=O)c4ccc(Oc5ccccc5)cc4Cl)c23)CC1. The highest BCUT2D eigenvalue weighted by molar-refractivity contribution is 6.35. The van der Waals surface area contributed by atoms with Crippen LogP contribution in [0.1, 0.15) is 41.6 Å². The largest absolute Gasteiger partial charge is 0.469 e. The molecule has 0 radical (unpaired) electrons. The normalized spacial score (nSPS) is 17.5. The minimum absolute atomic E-state index is 0.0501. The number of carbonyl (C=O) groups excluding carboxylic acids is 2. The number of rotatable bonds is 7. The maximum Gasteiger partial charge on any atom is 0.308 e. The average molecular weight is 504 g/mol. The summed E-state index contributed by atoms with van der Waals surface area (Å²) in [6.07, 6.45) is 6.59.